The third-order valence-corrected chi connectivity index (χ3v) is 6.17. The van der Waals surface area contributed by atoms with Crippen LogP contribution >= 0.6 is 0 Å². The number of aliphatic hydroxyl groups excluding tert-OH is 1. The van der Waals surface area contributed by atoms with Gasteiger partial charge in [0.25, 0.3) is 0 Å². The van der Waals surface area contributed by atoms with Crippen LogP contribution in [0, 0.1) is 11.8 Å². The number of esters is 1. The molecule has 2 amide bonds. The van der Waals surface area contributed by atoms with E-state index in [0.29, 0.717) is 25.8 Å². The first-order valence-corrected chi connectivity index (χ1v) is 13.0. The number of carbonyl (C=O) groups is 3. The van der Waals surface area contributed by atoms with E-state index < -0.39 is 12.0 Å². The van der Waals surface area contributed by atoms with Gasteiger partial charge in [-0.1, -0.05) is 72.8 Å². The van der Waals surface area contributed by atoms with E-state index in [2.05, 4.69) is 18.5 Å². The van der Waals surface area contributed by atoms with Crippen LogP contribution in [0.25, 0.3) is 0 Å². The van der Waals surface area contributed by atoms with E-state index in [1.54, 1.807) is 24.0 Å². The Labute approximate surface area is 226 Å². The quantitative estimate of drug-likeness (QED) is 0.242. The molecule has 0 saturated heterocycles. The summed E-state index contributed by atoms with van der Waals surface area (Å²) in [6.45, 7) is 9.69. The molecule has 2 N–H and O–H groups in total. The molecule has 0 aromatic heterocycles. The molecule has 7 heteroatoms. The number of carbonyl (C=O) groups excluding carboxylic acids is 3. The van der Waals surface area contributed by atoms with E-state index in [9.17, 15) is 19.5 Å². The van der Waals surface area contributed by atoms with E-state index >= 15 is 0 Å². The topological polar surface area (TPSA) is 95.9 Å². The highest BCUT2D eigenvalue weighted by molar-refractivity contribution is 5.86. The molecular weight excluding hydrogens is 480 g/mol. The molecule has 0 fully saturated rings. The number of aliphatic hydroxyl groups is 1. The molecule has 0 aliphatic heterocycles. The predicted octanol–water partition coefficient (Wildman–Crippen LogP) is 4.07. The number of allylic oxidation sites excluding steroid dienone is 2. The fourth-order valence-electron chi connectivity index (χ4n) is 4.13. The summed E-state index contributed by atoms with van der Waals surface area (Å²) in [5.41, 5.74) is 1.98. The molecule has 0 heterocycles. The maximum Gasteiger partial charge on any atom is 0.309 e. The normalized spacial score (nSPS) is 13.0. The Morgan fingerprint density at radius 3 is 2.11 bits per heavy atom. The third-order valence-electron chi connectivity index (χ3n) is 6.17. The average Bonchev–Trinajstić information content (AvgIpc) is 2.92. The Kier molecular flexibility index (Phi) is 13.6. The van der Waals surface area contributed by atoms with Gasteiger partial charge >= 0.3 is 5.97 Å². The minimum atomic E-state index is -0.619. The largest absolute Gasteiger partial charge is 0.461 e. The number of amides is 2. The highest BCUT2D eigenvalue weighted by Gasteiger charge is 2.26. The van der Waals surface area contributed by atoms with Gasteiger partial charge in [-0.3, -0.25) is 14.4 Å². The summed E-state index contributed by atoms with van der Waals surface area (Å²) in [6, 6.07) is 19.2. The molecule has 3 atom stereocenters. The second-order valence-corrected chi connectivity index (χ2v) is 9.35. The van der Waals surface area contributed by atoms with Crippen molar-refractivity contribution in [3.8, 4) is 0 Å². The smallest absolute Gasteiger partial charge is 0.309 e. The van der Waals surface area contributed by atoms with Gasteiger partial charge in [-0.05, 0) is 37.3 Å². The van der Waals surface area contributed by atoms with Gasteiger partial charge in [0.2, 0.25) is 11.8 Å². The number of nitrogens with zero attached hydrogens (tertiary/aromatic N) is 1. The van der Waals surface area contributed by atoms with Crippen LogP contribution in [0.2, 0.25) is 0 Å². The Balaban J connectivity index is 1.91. The van der Waals surface area contributed by atoms with E-state index in [1.807, 2.05) is 60.7 Å². The molecule has 3 unspecified atom stereocenters. The number of benzene rings is 2. The van der Waals surface area contributed by atoms with Gasteiger partial charge in [0.15, 0.2) is 0 Å². The van der Waals surface area contributed by atoms with Crippen LogP contribution in [-0.4, -0.2) is 53.6 Å². The molecule has 0 radical (unpaired) electrons. The zero-order chi connectivity index (χ0) is 27.8. The fraction of sp³-hybridized carbons (Fsp3) is 0.387. The number of nitrogens with one attached hydrogen (secondary N) is 1. The van der Waals surface area contributed by atoms with Crippen molar-refractivity contribution in [3.05, 3.63) is 97.1 Å². The van der Waals surface area contributed by atoms with Crippen molar-refractivity contribution in [1.29, 1.82) is 0 Å². The van der Waals surface area contributed by atoms with Crippen molar-refractivity contribution in [2.24, 2.45) is 11.8 Å². The molecule has 0 aliphatic rings. The lowest BCUT2D eigenvalue weighted by atomic mass is 9.96. The maximum absolute atomic E-state index is 13.0. The summed E-state index contributed by atoms with van der Waals surface area (Å²) in [5.74, 6) is -1.85. The van der Waals surface area contributed by atoms with Crippen LogP contribution in [0.3, 0.4) is 0 Å². The van der Waals surface area contributed by atoms with E-state index in [0.717, 1.165) is 11.1 Å². The molecule has 7 nitrogen and oxygen atoms in total. The van der Waals surface area contributed by atoms with Crippen molar-refractivity contribution in [2.45, 2.75) is 45.3 Å². The lowest BCUT2D eigenvalue weighted by Gasteiger charge is -2.25. The van der Waals surface area contributed by atoms with Crippen LogP contribution < -0.4 is 5.32 Å². The predicted molar refractivity (Wildman–Crippen MR) is 149 cm³/mol. The van der Waals surface area contributed by atoms with Crippen LogP contribution in [0.5, 0.6) is 0 Å². The number of hydrogen-bond donors (Lipinski definition) is 2. The summed E-state index contributed by atoms with van der Waals surface area (Å²) in [5, 5.41) is 12.3. The number of rotatable bonds is 17. The van der Waals surface area contributed by atoms with E-state index in [1.165, 1.54) is 0 Å². The van der Waals surface area contributed by atoms with Gasteiger partial charge in [0.05, 0.1) is 25.0 Å². The van der Waals surface area contributed by atoms with Crippen molar-refractivity contribution in [2.75, 3.05) is 19.7 Å². The average molecular weight is 521 g/mol. The second-order valence-electron chi connectivity index (χ2n) is 9.35. The van der Waals surface area contributed by atoms with Crippen LogP contribution in [-0.2, 0) is 32.1 Å². The molecule has 2 aromatic carbocycles. The van der Waals surface area contributed by atoms with E-state index in [4.69, 9.17) is 4.74 Å². The highest BCUT2D eigenvalue weighted by atomic mass is 16.5. The summed E-state index contributed by atoms with van der Waals surface area (Å²) in [4.78, 5) is 40.3. The lowest BCUT2D eigenvalue weighted by molar-refractivity contribution is -0.153. The van der Waals surface area contributed by atoms with Gasteiger partial charge < -0.3 is 20.1 Å². The maximum atomic E-state index is 13.0. The van der Waals surface area contributed by atoms with Gasteiger partial charge in [0, 0.05) is 19.5 Å². The highest BCUT2D eigenvalue weighted by Crippen LogP contribution is 2.17. The molecule has 204 valence electrons. The minimum Gasteiger partial charge on any atom is -0.461 e. The molecule has 0 saturated carbocycles. The minimum absolute atomic E-state index is 0.0165. The van der Waals surface area contributed by atoms with Crippen molar-refractivity contribution < 1.29 is 24.2 Å². The molecule has 0 aliphatic carbocycles. The van der Waals surface area contributed by atoms with Crippen molar-refractivity contribution in [1.82, 2.24) is 10.2 Å². The number of hydrogen-bond acceptors (Lipinski definition) is 5. The third kappa shape index (κ3) is 10.7. The van der Waals surface area contributed by atoms with E-state index in [-0.39, 0.29) is 49.8 Å². The van der Waals surface area contributed by atoms with Crippen molar-refractivity contribution >= 4 is 17.8 Å². The lowest BCUT2D eigenvalue weighted by Crippen LogP contribution is -2.40. The zero-order valence-electron chi connectivity index (χ0n) is 22.3. The standard InChI is InChI=1S/C31H40N2O5/c1-4-12-27(21-29(35)33(18-19-34)23-26-16-10-7-11-17-26)30(36)32-22-24(3)38-31(37)28(13-5-2)20-25-14-8-6-9-15-25/h4-11,14-17,24,27-28,34H,1-2,12-13,18-23H2,3H3,(H,32,36). The fourth-order valence-corrected chi connectivity index (χ4v) is 4.13. The van der Waals surface area contributed by atoms with Crippen LogP contribution in [0.1, 0.15) is 37.3 Å². The summed E-state index contributed by atoms with van der Waals surface area (Å²) in [7, 11) is 0. The van der Waals surface area contributed by atoms with Gasteiger partial charge in [0.1, 0.15) is 6.10 Å². The van der Waals surface area contributed by atoms with Gasteiger partial charge in [-0.25, -0.2) is 0 Å². The van der Waals surface area contributed by atoms with Crippen molar-refractivity contribution in [3.63, 3.8) is 0 Å². The first-order valence-electron chi connectivity index (χ1n) is 13.0. The Bertz CT molecular complexity index is 1030. The van der Waals surface area contributed by atoms with Gasteiger partial charge in [-0.2, -0.15) is 0 Å². The first-order chi connectivity index (χ1) is 18.4. The second kappa shape index (κ2) is 16.9. The van der Waals surface area contributed by atoms with Gasteiger partial charge in [-0.15, -0.1) is 13.2 Å². The van der Waals surface area contributed by atoms with Crippen LogP contribution in [0.15, 0.2) is 86.0 Å². The summed E-state index contributed by atoms with van der Waals surface area (Å²) in [6.07, 6.45) is 4.11. The first kappa shape index (κ1) is 30.5. The molecule has 0 bridgehead atoms. The Morgan fingerprint density at radius 1 is 0.947 bits per heavy atom. The monoisotopic (exact) mass is 520 g/mol. The Morgan fingerprint density at radius 2 is 1.53 bits per heavy atom. The molecular formula is C31H40N2O5. The zero-order valence-corrected chi connectivity index (χ0v) is 22.3. The SMILES string of the molecule is C=CCC(CC(=O)N(CCO)Cc1ccccc1)C(=O)NCC(C)OC(=O)C(CC=C)Cc1ccccc1. The molecule has 2 aromatic rings. The molecule has 0 spiro atoms. The molecule has 38 heavy (non-hydrogen) atoms. The Hall–Kier alpha value is -3.71. The molecule has 2 rings (SSSR count). The number of ether oxygens (including phenoxy) is 1. The summed E-state index contributed by atoms with van der Waals surface area (Å²) >= 11 is 0. The summed E-state index contributed by atoms with van der Waals surface area (Å²) < 4.78 is 5.62. The van der Waals surface area contributed by atoms with Crippen LogP contribution in [0.4, 0.5) is 0 Å².